The Bertz CT molecular complexity index is 531. The summed E-state index contributed by atoms with van der Waals surface area (Å²) in [6.45, 7) is 6.62. The van der Waals surface area contributed by atoms with Crippen LogP contribution in [0.25, 0.3) is 0 Å². The van der Waals surface area contributed by atoms with Crippen LogP contribution < -0.4 is 10.6 Å². The predicted octanol–water partition coefficient (Wildman–Crippen LogP) is 1.43. The lowest BCUT2D eigenvalue weighted by molar-refractivity contribution is -0.134. The summed E-state index contributed by atoms with van der Waals surface area (Å²) < 4.78 is 12.9. The molecule has 1 aliphatic rings. The van der Waals surface area contributed by atoms with Gasteiger partial charge in [0.25, 0.3) is 5.91 Å². The molecule has 0 spiro atoms. The van der Waals surface area contributed by atoms with Crippen LogP contribution in [0.3, 0.4) is 0 Å². The molecule has 2 amide bonds. The van der Waals surface area contributed by atoms with E-state index in [2.05, 4.69) is 10.6 Å². The van der Waals surface area contributed by atoms with Crippen molar-refractivity contribution in [1.82, 2.24) is 15.5 Å². The van der Waals surface area contributed by atoms with Crippen molar-refractivity contribution in [2.45, 2.75) is 19.9 Å². The van der Waals surface area contributed by atoms with E-state index in [4.69, 9.17) is 0 Å². The van der Waals surface area contributed by atoms with Crippen LogP contribution in [0.15, 0.2) is 24.3 Å². The van der Waals surface area contributed by atoms with Gasteiger partial charge in [-0.1, -0.05) is 13.8 Å². The first-order valence-electron chi connectivity index (χ1n) is 7.55. The number of carbonyl (C=O) groups excluding carboxylic acids is 2. The van der Waals surface area contributed by atoms with Crippen LogP contribution in [0, 0.1) is 11.7 Å². The fourth-order valence-electron chi connectivity index (χ4n) is 2.42. The molecule has 1 aliphatic heterocycles. The van der Waals surface area contributed by atoms with Gasteiger partial charge in [0, 0.05) is 31.7 Å². The molecule has 7 heteroatoms. The summed E-state index contributed by atoms with van der Waals surface area (Å²) in [4.78, 5) is 26.6. The normalized spacial score (nSPS) is 15.7. The molecule has 0 bridgehead atoms. The summed E-state index contributed by atoms with van der Waals surface area (Å²) in [5.41, 5.74) is 0.347. The highest BCUT2D eigenvalue weighted by atomic mass is 35.5. The van der Waals surface area contributed by atoms with Crippen molar-refractivity contribution >= 4 is 24.2 Å². The molecule has 1 saturated heterocycles. The Balaban J connectivity index is 0.00000264. The zero-order valence-electron chi connectivity index (χ0n) is 13.3. The molecule has 1 heterocycles. The lowest BCUT2D eigenvalue weighted by atomic mass is 10.0. The van der Waals surface area contributed by atoms with Crippen molar-refractivity contribution in [2.75, 3.05) is 26.2 Å². The minimum atomic E-state index is -0.573. The van der Waals surface area contributed by atoms with Crippen molar-refractivity contribution in [2.24, 2.45) is 5.92 Å². The molecule has 1 atom stereocenters. The molecule has 1 unspecified atom stereocenters. The largest absolute Gasteiger partial charge is 0.340 e. The summed E-state index contributed by atoms with van der Waals surface area (Å²) in [6, 6.07) is 4.72. The van der Waals surface area contributed by atoms with Gasteiger partial charge in [-0.3, -0.25) is 9.59 Å². The third-order valence-electron chi connectivity index (χ3n) is 3.75. The average molecular weight is 344 g/mol. The van der Waals surface area contributed by atoms with Crippen LogP contribution in [0.1, 0.15) is 24.2 Å². The van der Waals surface area contributed by atoms with Crippen LogP contribution in [0.4, 0.5) is 4.39 Å². The Labute approximate surface area is 142 Å². The quantitative estimate of drug-likeness (QED) is 0.869. The molecule has 23 heavy (non-hydrogen) atoms. The second-order valence-corrected chi connectivity index (χ2v) is 5.78. The Morgan fingerprint density at radius 3 is 2.26 bits per heavy atom. The van der Waals surface area contributed by atoms with Crippen LogP contribution in [-0.4, -0.2) is 48.9 Å². The fourth-order valence-corrected chi connectivity index (χ4v) is 2.42. The molecule has 2 N–H and O–H groups in total. The molecule has 0 radical (unpaired) electrons. The summed E-state index contributed by atoms with van der Waals surface area (Å²) in [7, 11) is 0. The molecule has 1 fully saturated rings. The van der Waals surface area contributed by atoms with E-state index in [-0.39, 0.29) is 30.1 Å². The van der Waals surface area contributed by atoms with Gasteiger partial charge in [0.2, 0.25) is 5.91 Å². The third kappa shape index (κ3) is 5.18. The van der Waals surface area contributed by atoms with Crippen molar-refractivity contribution < 1.29 is 14.0 Å². The maximum atomic E-state index is 12.9. The van der Waals surface area contributed by atoms with Crippen molar-refractivity contribution in [3.8, 4) is 0 Å². The van der Waals surface area contributed by atoms with E-state index >= 15 is 0 Å². The summed E-state index contributed by atoms with van der Waals surface area (Å²) in [5, 5.41) is 5.97. The minimum absolute atomic E-state index is 0. The number of piperazine rings is 1. The Kier molecular flexibility index (Phi) is 7.45. The maximum absolute atomic E-state index is 12.9. The second kappa shape index (κ2) is 8.84. The average Bonchev–Trinajstić information content (AvgIpc) is 2.53. The van der Waals surface area contributed by atoms with Crippen molar-refractivity contribution in [3.63, 3.8) is 0 Å². The summed E-state index contributed by atoms with van der Waals surface area (Å²) in [5.74, 6) is -0.838. The van der Waals surface area contributed by atoms with Crippen LogP contribution in [0.2, 0.25) is 0 Å². The van der Waals surface area contributed by atoms with Gasteiger partial charge in [-0.05, 0) is 30.2 Å². The first-order chi connectivity index (χ1) is 10.5. The first-order valence-corrected chi connectivity index (χ1v) is 7.55. The number of nitrogens with one attached hydrogen (secondary N) is 2. The third-order valence-corrected chi connectivity index (χ3v) is 3.75. The number of carbonyl (C=O) groups is 2. The molecule has 1 aromatic rings. The summed E-state index contributed by atoms with van der Waals surface area (Å²) in [6.07, 6.45) is 0. The topological polar surface area (TPSA) is 61.4 Å². The highest BCUT2D eigenvalue weighted by molar-refractivity contribution is 5.97. The molecular weight excluding hydrogens is 321 g/mol. The van der Waals surface area contributed by atoms with E-state index in [0.717, 1.165) is 13.1 Å². The zero-order valence-corrected chi connectivity index (χ0v) is 14.2. The van der Waals surface area contributed by atoms with Gasteiger partial charge in [-0.2, -0.15) is 0 Å². The van der Waals surface area contributed by atoms with Gasteiger partial charge < -0.3 is 15.5 Å². The van der Waals surface area contributed by atoms with Crippen molar-refractivity contribution in [1.29, 1.82) is 0 Å². The highest BCUT2D eigenvalue weighted by Crippen LogP contribution is 2.10. The number of halogens is 2. The van der Waals surface area contributed by atoms with Gasteiger partial charge in [-0.25, -0.2) is 4.39 Å². The lowest BCUT2D eigenvalue weighted by Gasteiger charge is -2.32. The molecular formula is C16H23ClFN3O2. The summed E-state index contributed by atoms with van der Waals surface area (Å²) >= 11 is 0. The van der Waals surface area contributed by atoms with E-state index in [0.29, 0.717) is 18.7 Å². The Hall–Kier alpha value is -1.66. The number of nitrogens with zero attached hydrogens (tertiary/aromatic N) is 1. The van der Waals surface area contributed by atoms with E-state index < -0.39 is 11.9 Å². The zero-order chi connectivity index (χ0) is 16.1. The van der Waals surface area contributed by atoms with Gasteiger partial charge in [0.05, 0.1) is 0 Å². The molecule has 0 aliphatic carbocycles. The van der Waals surface area contributed by atoms with E-state index in [1.165, 1.54) is 24.3 Å². The van der Waals surface area contributed by atoms with Crippen LogP contribution >= 0.6 is 12.4 Å². The van der Waals surface area contributed by atoms with Crippen LogP contribution in [-0.2, 0) is 4.79 Å². The van der Waals surface area contributed by atoms with Gasteiger partial charge in [0.15, 0.2) is 0 Å². The number of benzene rings is 1. The van der Waals surface area contributed by atoms with Crippen LogP contribution in [0.5, 0.6) is 0 Å². The maximum Gasteiger partial charge on any atom is 0.251 e. The number of hydrogen-bond donors (Lipinski definition) is 2. The van der Waals surface area contributed by atoms with E-state index in [9.17, 15) is 14.0 Å². The second-order valence-electron chi connectivity index (χ2n) is 5.78. The number of amides is 2. The monoisotopic (exact) mass is 343 g/mol. The SMILES string of the molecule is CC(C)C(NC(=O)c1ccc(F)cc1)C(=O)N1CCNCC1.Cl. The van der Waals surface area contributed by atoms with E-state index in [1.807, 2.05) is 13.8 Å². The lowest BCUT2D eigenvalue weighted by Crippen LogP contribution is -2.55. The van der Waals surface area contributed by atoms with Crippen molar-refractivity contribution in [3.05, 3.63) is 35.6 Å². The number of hydrogen-bond acceptors (Lipinski definition) is 3. The Morgan fingerprint density at radius 2 is 1.74 bits per heavy atom. The fraction of sp³-hybridized carbons (Fsp3) is 0.500. The van der Waals surface area contributed by atoms with Gasteiger partial charge in [0.1, 0.15) is 11.9 Å². The highest BCUT2D eigenvalue weighted by Gasteiger charge is 2.29. The van der Waals surface area contributed by atoms with Gasteiger partial charge in [-0.15, -0.1) is 12.4 Å². The molecule has 5 nitrogen and oxygen atoms in total. The molecule has 128 valence electrons. The Morgan fingerprint density at radius 1 is 1.17 bits per heavy atom. The molecule has 0 aromatic heterocycles. The minimum Gasteiger partial charge on any atom is -0.340 e. The van der Waals surface area contributed by atoms with E-state index in [1.54, 1.807) is 4.90 Å². The van der Waals surface area contributed by atoms with Gasteiger partial charge >= 0.3 is 0 Å². The molecule has 1 aromatic carbocycles. The smallest absolute Gasteiger partial charge is 0.251 e. The number of rotatable bonds is 4. The predicted molar refractivity (Wildman–Crippen MR) is 89.2 cm³/mol. The molecule has 2 rings (SSSR count). The first kappa shape index (κ1) is 19.4. The standard InChI is InChI=1S/C16H22FN3O2.ClH/c1-11(2)14(16(22)20-9-7-18-8-10-20)19-15(21)12-3-5-13(17)6-4-12;/h3-6,11,14,18H,7-10H2,1-2H3,(H,19,21);1H. The molecule has 0 saturated carbocycles.